The molecule has 0 fully saturated rings. The van der Waals surface area contributed by atoms with Gasteiger partial charge in [-0.2, -0.15) is 5.10 Å². The van der Waals surface area contributed by atoms with Crippen molar-refractivity contribution in [2.24, 2.45) is 7.05 Å². The molecule has 6 nitrogen and oxygen atoms in total. The lowest BCUT2D eigenvalue weighted by molar-refractivity contribution is 0.600. The molecule has 24 heavy (non-hydrogen) atoms. The Morgan fingerprint density at radius 3 is 2.50 bits per heavy atom. The SMILES string of the molecule is Cc1cc(S(=O)(=O)Nc2cc(-c3ccncc3)nn2C)ccc1Br. The topological polar surface area (TPSA) is 76.9 Å². The third-order valence-electron chi connectivity index (χ3n) is 3.53. The lowest BCUT2D eigenvalue weighted by Gasteiger charge is -2.09. The van der Waals surface area contributed by atoms with Crippen LogP contribution in [0, 0.1) is 6.92 Å². The molecular formula is C16H15BrN4O2S. The molecule has 1 aromatic carbocycles. The maximum atomic E-state index is 12.6. The van der Waals surface area contributed by atoms with Crippen LogP contribution >= 0.6 is 15.9 Å². The summed E-state index contributed by atoms with van der Waals surface area (Å²) in [4.78, 5) is 4.17. The molecule has 0 aliphatic carbocycles. The van der Waals surface area contributed by atoms with E-state index in [4.69, 9.17) is 0 Å². The Labute approximate surface area is 148 Å². The molecule has 0 spiro atoms. The van der Waals surface area contributed by atoms with Crippen LogP contribution in [0.1, 0.15) is 5.56 Å². The number of hydrogen-bond acceptors (Lipinski definition) is 4. The molecule has 0 atom stereocenters. The quantitative estimate of drug-likeness (QED) is 0.720. The number of hydrogen-bond donors (Lipinski definition) is 1. The van der Waals surface area contributed by atoms with Crippen LogP contribution in [-0.2, 0) is 17.1 Å². The highest BCUT2D eigenvalue weighted by Gasteiger charge is 2.18. The van der Waals surface area contributed by atoms with Crippen LogP contribution in [0.25, 0.3) is 11.3 Å². The molecule has 0 bridgehead atoms. The normalized spacial score (nSPS) is 11.5. The molecule has 0 aliphatic rings. The number of aromatic nitrogens is 3. The van der Waals surface area contributed by atoms with Gasteiger partial charge in [0, 0.05) is 35.5 Å². The van der Waals surface area contributed by atoms with E-state index >= 15 is 0 Å². The number of sulfonamides is 1. The van der Waals surface area contributed by atoms with Gasteiger partial charge in [-0.05, 0) is 42.8 Å². The van der Waals surface area contributed by atoms with Crippen molar-refractivity contribution in [1.82, 2.24) is 14.8 Å². The Balaban J connectivity index is 1.93. The van der Waals surface area contributed by atoms with Crippen molar-refractivity contribution < 1.29 is 8.42 Å². The van der Waals surface area contributed by atoms with Crippen molar-refractivity contribution >= 4 is 31.8 Å². The fourth-order valence-corrected chi connectivity index (χ4v) is 3.62. The zero-order valence-corrected chi connectivity index (χ0v) is 15.5. The highest BCUT2D eigenvalue weighted by Crippen LogP contribution is 2.24. The van der Waals surface area contributed by atoms with E-state index in [1.165, 1.54) is 4.68 Å². The highest BCUT2D eigenvalue weighted by molar-refractivity contribution is 9.10. The second-order valence-corrected chi connectivity index (χ2v) is 7.83. The number of aryl methyl sites for hydroxylation is 2. The summed E-state index contributed by atoms with van der Waals surface area (Å²) in [6.45, 7) is 1.84. The fourth-order valence-electron chi connectivity index (χ4n) is 2.21. The first-order valence-corrected chi connectivity index (χ1v) is 9.38. The Hall–Kier alpha value is -2.19. The van der Waals surface area contributed by atoms with Crippen molar-refractivity contribution in [3.8, 4) is 11.3 Å². The van der Waals surface area contributed by atoms with Gasteiger partial charge >= 0.3 is 0 Å². The standard InChI is InChI=1S/C16H15BrN4O2S/c1-11-9-13(3-4-14(11)17)24(22,23)20-16-10-15(19-21(16)2)12-5-7-18-8-6-12/h3-10,20H,1-2H3. The first kappa shape index (κ1) is 16.7. The van der Waals surface area contributed by atoms with E-state index < -0.39 is 10.0 Å². The molecule has 8 heteroatoms. The Kier molecular flexibility index (Phi) is 4.42. The van der Waals surface area contributed by atoms with Gasteiger partial charge in [0.1, 0.15) is 5.82 Å². The van der Waals surface area contributed by atoms with Crippen molar-refractivity contribution in [3.05, 3.63) is 58.8 Å². The van der Waals surface area contributed by atoms with Gasteiger partial charge in [0.2, 0.25) is 0 Å². The minimum Gasteiger partial charge on any atom is -0.265 e. The van der Waals surface area contributed by atoms with Gasteiger partial charge in [-0.15, -0.1) is 0 Å². The molecule has 0 aliphatic heterocycles. The van der Waals surface area contributed by atoms with E-state index in [2.05, 4.69) is 30.7 Å². The van der Waals surface area contributed by atoms with Crippen LogP contribution < -0.4 is 4.72 Å². The summed E-state index contributed by atoms with van der Waals surface area (Å²) in [6, 6.07) is 10.2. The average molecular weight is 407 g/mol. The average Bonchev–Trinajstić information content (AvgIpc) is 2.91. The zero-order chi connectivity index (χ0) is 17.3. The number of rotatable bonds is 4. The molecule has 3 aromatic rings. The van der Waals surface area contributed by atoms with E-state index in [1.807, 2.05) is 19.1 Å². The molecule has 2 aromatic heterocycles. The lowest BCUT2D eigenvalue weighted by Crippen LogP contribution is -2.15. The number of benzene rings is 1. The monoisotopic (exact) mass is 406 g/mol. The third-order valence-corrected chi connectivity index (χ3v) is 5.78. The van der Waals surface area contributed by atoms with E-state index in [0.29, 0.717) is 11.5 Å². The minimum absolute atomic E-state index is 0.204. The molecule has 2 heterocycles. The summed E-state index contributed by atoms with van der Waals surface area (Å²) in [7, 11) is -2.00. The van der Waals surface area contributed by atoms with Gasteiger partial charge < -0.3 is 0 Å². The predicted molar refractivity (Wildman–Crippen MR) is 96.1 cm³/mol. The van der Waals surface area contributed by atoms with Crippen molar-refractivity contribution in [2.45, 2.75) is 11.8 Å². The van der Waals surface area contributed by atoms with E-state index in [0.717, 1.165) is 15.6 Å². The zero-order valence-electron chi connectivity index (χ0n) is 13.1. The molecule has 3 rings (SSSR count). The number of nitrogens with zero attached hydrogens (tertiary/aromatic N) is 3. The van der Waals surface area contributed by atoms with Crippen LogP contribution in [0.2, 0.25) is 0 Å². The van der Waals surface area contributed by atoms with Crippen molar-refractivity contribution in [2.75, 3.05) is 4.72 Å². The third kappa shape index (κ3) is 3.34. The van der Waals surface area contributed by atoms with E-state index in [9.17, 15) is 8.42 Å². The van der Waals surface area contributed by atoms with Gasteiger partial charge in [0.25, 0.3) is 10.0 Å². The molecule has 0 unspecified atom stereocenters. The largest absolute Gasteiger partial charge is 0.265 e. The number of nitrogens with one attached hydrogen (secondary N) is 1. The van der Waals surface area contributed by atoms with Gasteiger partial charge in [-0.3, -0.25) is 14.4 Å². The van der Waals surface area contributed by atoms with E-state index in [1.54, 1.807) is 43.7 Å². The molecule has 124 valence electrons. The maximum Gasteiger partial charge on any atom is 0.263 e. The minimum atomic E-state index is -3.69. The van der Waals surface area contributed by atoms with Gasteiger partial charge in [0.05, 0.1) is 10.6 Å². The first-order valence-electron chi connectivity index (χ1n) is 7.10. The first-order chi connectivity index (χ1) is 11.4. The highest BCUT2D eigenvalue weighted by atomic mass is 79.9. The van der Waals surface area contributed by atoms with Crippen LogP contribution in [0.4, 0.5) is 5.82 Å². The summed E-state index contributed by atoms with van der Waals surface area (Å²) < 4.78 is 30.1. The predicted octanol–water partition coefficient (Wildman–Crippen LogP) is 3.35. The van der Waals surface area contributed by atoms with Crippen LogP contribution in [0.3, 0.4) is 0 Å². The number of pyridine rings is 1. The fraction of sp³-hybridized carbons (Fsp3) is 0.125. The summed E-state index contributed by atoms with van der Waals surface area (Å²) in [6.07, 6.45) is 3.33. The second kappa shape index (κ2) is 6.37. The molecule has 0 saturated heterocycles. The van der Waals surface area contributed by atoms with Gasteiger partial charge in [0.15, 0.2) is 0 Å². The molecule has 0 amide bonds. The van der Waals surface area contributed by atoms with Gasteiger partial charge in [-0.25, -0.2) is 8.42 Å². The lowest BCUT2D eigenvalue weighted by atomic mass is 10.2. The second-order valence-electron chi connectivity index (χ2n) is 5.29. The Bertz CT molecular complexity index is 985. The maximum absolute atomic E-state index is 12.6. The molecule has 0 saturated carbocycles. The van der Waals surface area contributed by atoms with Crippen LogP contribution in [0.5, 0.6) is 0 Å². The van der Waals surface area contributed by atoms with Gasteiger partial charge in [-0.1, -0.05) is 15.9 Å². The summed E-state index contributed by atoms with van der Waals surface area (Å²) >= 11 is 3.37. The van der Waals surface area contributed by atoms with E-state index in [-0.39, 0.29) is 4.90 Å². The number of anilines is 1. The number of halogens is 1. The summed E-state index contributed by atoms with van der Waals surface area (Å²) in [5.41, 5.74) is 2.38. The molecule has 1 N–H and O–H groups in total. The molecule has 0 radical (unpaired) electrons. The van der Waals surface area contributed by atoms with Crippen molar-refractivity contribution in [1.29, 1.82) is 0 Å². The Morgan fingerprint density at radius 1 is 1.12 bits per heavy atom. The smallest absolute Gasteiger partial charge is 0.263 e. The molecular weight excluding hydrogens is 392 g/mol. The van der Waals surface area contributed by atoms with Crippen LogP contribution in [-0.4, -0.2) is 23.2 Å². The Morgan fingerprint density at radius 2 is 1.83 bits per heavy atom. The summed E-state index contributed by atoms with van der Waals surface area (Å²) in [5.74, 6) is 0.391. The van der Waals surface area contributed by atoms with Crippen LogP contribution in [0.15, 0.2) is 58.2 Å². The van der Waals surface area contributed by atoms with Crippen molar-refractivity contribution in [3.63, 3.8) is 0 Å². The summed E-state index contributed by atoms with van der Waals surface area (Å²) in [5, 5.41) is 4.34.